The summed E-state index contributed by atoms with van der Waals surface area (Å²) in [7, 11) is 0. The third-order valence-electron chi connectivity index (χ3n) is 4.30. The van der Waals surface area contributed by atoms with Crippen molar-refractivity contribution in [1.29, 1.82) is 0 Å². The van der Waals surface area contributed by atoms with Crippen LogP contribution in [0, 0.1) is 12.0 Å². The van der Waals surface area contributed by atoms with Crippen molar-refractivity contribution >= 4 is 0 Å². The minimum atomic E-state index is 0.530. The van der Waals surface area contributed by atoms with Gasteiger partial charge in [-0.05, 0) is 24.7 Å². The molecule has 0 aliphatic carbocycles. The maximum Gasteiger partial charge on any atom is -0.0348 e. The van der Waals surface area contributed by atoms with Gasteiger partial charge in [0.2, 0.25) is 0 Å². The van der Waals surface area contributed by atoms with Crippen LogP contribution in [0.1, 0.15) is 117 Å². The van der Waals surface area contributed by atoms with Gasteiger partial charge in [-0.3, -0.25) is 0 Å². The van der Waals surface area contributed by atoms with E-state index < -0.39 is 0 Å². The fourth-order valence-corrected chi connectivity index (χ4v) is 2.86. The fraction of sp³-hybridized carbons (Fsp3) is 0.905. The largest absolute Gasteiger partial charge is 0.0845 e. The molecule has 0 saturated heterocycles. The summed E-state index contributed by atoms with van der Waals surface area (Å²) in [4.78, 5) is 0. The maximum atomic E-state index is 5.37. The first-order valence-corrected chi connectivity index (χ1v) is 9.60. The number of allylic oxidation sites excluding steroid dienone is 1. The standard InChI is InChI=1S/C21H41/c1-5-6-7-8-9-10-11-12-13-14-15-16-17-18-19-20-21(2,3)4/h1,5H,6-20H2,2-4H3. The molecule has 0 aromatic heterocycles. The highest BCUT2D eigenvalue weighted by atomic mass is 14.1. The van der Waals surface area contributed by atoms with E-state index in [-0.39, 0.29) is 0 Å². The van der Waals surface area contributed by atoms with E-state index in [2.05, 4.69) is 20.8 Å². The third kappa shape index (κ3) is 19.7. The molecule has 0 amide bonds. The molecule has 0 aliphatic rings. The molecule has 0 nitrogen and oxygen atoms in total. The number of hydrogen-bond donors (Lipinski definition) is 0. The minimum absolute atomic E-state index is 0.530. The van der Waals surface area contributed by atoms with Gasteiger partial charge >= 0.3 is 0 Å². The third-order valence-corrected chi connectivity index (χ3v) is 4.30. The zero-order valence-corrected chi connectivity index (χ0v) is 15.3. The van der Waals surface area contributed by atoms with Gasteiger partial charge in [0.1, 0.15) is 0 Å². The number of rotatable bonds is 15. The summed E-state index contributed by atoms with van der Waals surface area (Å²) in [6, 6.07) is 0. The second kappa shape index (κ2) is 14.7. The van der Waals surface area contributed by atoms with Crippen LogP contribution in [-0.4, -0.2) is 0 Å². The van der Waals surface area contributed by atoms with Gasteiger partial charge in [-0.25, -0.2) is 0 Å². The highest BCUT2D eigenvalue weighted by molar-refractivity contribution is 4.62. The van der Waals surface area contributed by atoms with Gasteiger partial charge in [0.15, 0.2) is 0 Å². The molecule has 0 heterocycles. The minimum Gasteiger partial charge on any atom is -0.0845 e. The highest BCUT2D eigenvalue weighted by Crippen LogP contribution is 2.22. The summed E-state index contributed by atoms with van der Waals surface area (Å²) < 4.78 is 0. The molecule has 0 N–H and O–H groups in total. The summed E-state index contributed by atoms with van der Waals surface area (Å²) in [5.41, 5.74) is 0.530. The maximum absolute atomic E-state index is 5.37. The molecule has 0 saturated carbocycles. The smallest absolute Gasteiger partial charge is 0.0348 e. The van der Waals surface area contributed by atoms with Crippen molar-refractivity contribution in [2.45, 2.75) is 117 Å². The molecule has 1 radical (unpaired) electrons. The molecular formula is C21H41. The van der Waals surface area contributed by atoms with Crippen LogP contribution in [0.3, 0.4) is 0 Å². The number of unbranched alkanes of at least 4 members (excludes halogenated alkanes) is 13. The van der Waals surface area contributed by atoms with Crippen LogP contribution in [-0.2, 0) is 0 Å². The van der Waals surface area contributed by atoms with Crippen molar-refractivity contribution in [2.24, 2.45) is 5.41 Å². The Morgan fingerprint density at radius 3 is 1.24 bits per heavy atom. The molecule has 0 fully saturated rings. The highest BCUT2D eigenvalue weighted by Gasteiger charge is 2.08. The first-order valence-electron chi connectivity index (χ1n) is 9.60. The lowest BCUT2D eigenvalue weighted by molar-refractivity contribution is 0.356. The Labute approximate surface area is 135 Å². The molecule has 0 atom stereocenters. The zero-order chi connectivity index (χ0) is 15.8. The molecule has 21 heavy (non-hydrogen) atoms. The second-order valence-corrected chi connectivity index (χ2v) is 7.93. The first-order chi connectivity index (χ1) is 10.1. The Kier molecular flexibility index (Phi) is 14.5. The van der Waals surface area contributed by atoms with Gasteiger partial charge < -0.3 is 0 Å². The Bertz CT molecular complexity index is 209. The van der Waals surface area contributed by atoms with Crippen molar-refractivity contribution in [3.8, 4) is 0 Å². The van der Waals surface area contributed by atoms with E-state index in [1.54, 1.807) is 6.08 Å². The molecule has 0 aromatic rings. The lowest BCUT2D eigenvalue weighted by Crippen LogP contribution is -2.03. The first kappa shape index (κ1) is 20.7. The summed E-state index contributed by atoms with van der Waals surface area (Å²) in [6.45, 7) is 12.4. The van der Waals surface area contributed by atoms with E-state index in [9.17, 15) is 0 Å². The second-order valence-electron chi connectivity index (χ2n) is 7.93. The zero-order valence-electron chi connectivity index (χ0n) is 15.3. The quantitative estimate of drug-likeness (QED) is 0.269. The Morgan fingerprint density at radius 1 is 0.571 bits per heavy atom. The predicted molar refractivity (Wildman–Crippen MR) is 97.6 cm³/mol. The molecule has 0 rings (SSSR count). The van der Waals surface area contributed by atoms with Crippen molar-refractivity contribution in [1.82, 2.24) is 0 Å². The van der Waals surface area contributed by atoms with Crippen molar-refractivity contribution in [2.75, 3.05) is 0 Å². The lowest BCUT2D eigenvalue weighted by atomic mass is 9.89. The Morgan fingerprint density at radius 2 is 0.905 bits per heavy atom. The molecule has 0 heteroatoms. The van der Waals surface area contributed by atoms with Crippen LogP contribution in [0.25, 0.3) is 0 Å². The number of hydrogen-bond acceptors (Lipinski definition) is 0. The van der Waals surface area contributed by atoms with Crippen LogP contribution >= 0.6 is 0 Å². The van der Waals surface area contributed by atoms with Crippen LogP contribution in [0.5, 0.6) is 0 Å². The Hall–Kier alpha value is -0.260. The van der Waals surface area contributed by atoms with Crippen LogP contribution in [0.15, 0.2) is 6.08 Å². The van der Waals surface area contributed by atoms with Crippen LogP contribution < -0.4 is 0 Å². The lowest BCUT2D eigenvalue weighted by Gasteiger charge is -2.17. The van der Waals surface area contributed by atoms with E-state index in [1.165, 1.54) is 89.9 Å². The molecule has 0 bridgehead atoms. The van der Waals surface area contributed by atoms with E-state index in [1.807, 2.05) is 0 Å². The molecule has 125 valence electrons. The molecule has 0 spiro atoms. The van der Waals surface area contributed by atoms with Crippen LogP contribution in [0.2, 0.25) is 0 Å². The van der Waals surface area contributed by atoms with Gasteiger partial charge in [-0.2, -0.15) is 0 Å². The monoisotopic (exact) mass is 293 g/mol. The normalized spacial score (nSPS) is 11.8. The van der Waals surface area contributed by atoms with Crippen LogP contribution in [0.4, 0.5) is 0 Å². The SMILES string of the molecule is [CH]=CCCCCCCCCCCCCCCCC(C)(C)C. The van der Waals surface area contributed by atoms with Crippen molar-refractivity contribution < 1.29 is 0 Å². The molecule has 0 unspecified atom stereocenters. The Balaban J connectivity index is 3.01. The topological polar surface area (TPSA) is 0 Å². The van der Waals surface area contributed by atoms with E-state index in [0.717, 1.165) is 6.42 Å². The summed E-state index contributed by atoms with van der Waals surface area (Å²) >= 11 is 0. The molecule has 0 aromatic carbocycles. The summed E-state index contributed by atoms with van der Waals surface area (Å²) in [5.74, 6) is 0. The van der Waals surface area contributed by atoms with Gasteiger partial charge in [0, 0.05) is 0 Å². The van der Waals surface area contributed by atoms with E-state index in [0.29, 0.717) is 5.41 Å². The van der Waals surface area contributed by atoms with Gasteiger partial charge in [-0.1, -0.05) is 110 Å². The predicted octanol–water partition coefficient (Wildman–Crippen LogP) is 7.87. The van der Waals surface area contributed by atoms with E-state index in [4.69, 9.17) is 6.58 Å². The average molecular weight is 294 g/mol. The fourth-order valence-electron chi connectivity index (χ4n) is 2.86. The molecule has 0 aliphatic heterocycles. The van der Waals surface area contributed by atoms with Gasteiger partial charge in [0.05, 0.1) is 0 Å². The summed E-state index contributed by atoms with van der Waals surface area (Å²) in [5, 5.41) is 0. The van der Waals surface area contributed by atoms with Gasteiger partial charge in [-0.15, -0.1) is 0 Å². The molecular weight excluding hydrogens is 252 g/mol. The average Bonchev–Trinajstić information content (AvgIpc) is 2.42. The van der Waals surface area contributed by atoms with E-state index >= 15 is 0 Å². The van der Waals surface area contributed by atoms with Crippen molar-refractivity contribution in [3.05, 3.63) is 12.7 Å². The summed E-state index contributed by atoms with van der Waals surface area (Å²) in [6.07, 6.45) is 22.8. The van der Waals surface area contributed by atoms with Gasteiger partial charge in [0.25, 0.3) is 0 Å². The van der Waals surface area contributed by atoms with Crippen molar-refractivity contribution in [3.63, 3.8) is 0 Å².